The Bertz CT molecular complexity index is 1090. The molecule has 0 saturated carbocycles. The third-order valence-corrected chi connectivity index (χ3v) is 6.37. The van der Waals surface area contributed by atoms with Crippen molar-refractivity contribution in [3.05, 3.63) is 69.4 Å². The predicted molar refractivity (Wildman–Crippen MR) is 130 cm³/mol. The van der Waals surface area contributed by atoms with Crippen LogP contribution in [0, 0.1) is 0 Å². The first-order valence-corrected chi connectivity index (χ1v) is 11.6. The monoisotopic (exact) mass is 454 g/mol. The van der Waals surface area contributed by atoms with Crippen molar-refractivity contribution in [2.45, 2.75) is 46.5 Å². The number of carboxylic acids is 1. The molecule has 0 spiro atoms. The zero-order valence-electron chi connectivity index (χ0n) is 19.0. The molecular formula is C26H31ClN2O3. The van der Waals surface area contributed by atoms with Crippen molar-refractivity contribution in [3.63, 3.8) is 0 Å². The van der Waals surface area contributed by atoms with Crippen LogP contribution in [0.25, 0.3) is 10.9 Å². The lowest BCUT2D eigenvalue weighted by molar-refractivity contribution is 0.0695. The molecular weight excluding hydrogens is 424 g/mol. The van der Waals surface area contributed by atoms with E-state index in [1.807, 2.05) is 18.2 Å². The summed E-state index contributed by atoms with van der Waals surface area (Å²) in [5.74, 6) is -1.40. The summed E-state index contributed by atoms with van der Waals surface area (Å²) in [7, 11) is 0. The molecule has 0 saturated heterocycles. The number of carbonyl (C=O) groups is 1. The number of rotatable bonds is 6. The zero-order valence-corrected chi connectivity index (χ0v) is 19.7. The average molecular weight is 455 g/mol. The summed E-state index contributed by atoms with van der Waals surface area (Å²) in [6, 6.07) is 11.0. The highest BCUT2D eigenvalue weighted by Crippen LogP contribution is 2.36. The third-order valence-electron chi connectivity index (χ3n) is 6.12. The van der Waals surface area contributed by atoms with Gasteiger partial charge in [-0.25, -0.2) is 9.78 Å². The number of carboxylic acid groups (broad SMARTS) is 1. The molecule has 0 fully saturated rings. The van der Waals surface area contributed by atoms with Crippen molar-refractivity contribution in [2.75, 3.05) is 19.6 Å². The molecule has 170 valence electrons. The van der Waals surface area contributed by atoms with Crippen LogP contribution < -0.4 is 0 Å². The Hall–Kier alpha value is -2.63. The first-order valence-electron chi connectivity index (χ1n) is 11.3. The first kappa shape index (κ1) is 24.0. The number of hydrogen-bond donors (Lipinski definition) is 2. The van der Waals surface area contributed by atoms with Gasteiger partial charge in [0.1, 0.15) is 5.56 Å². The fourth-order valence-electron chi connectivity index (χ4n) is 4.24. The summed E-state index contributed by atoms with van der Waals surface area (Å²) in [6.07, 6.45) is 3.28. The number of aromatic nitrogens is 1. The van der Waals surface area contributed by atoms with E-state index < -0.39 is 5.97 Å². The molecule has 1 aliphatic rings. The Morgan fingerprint density at radius 1 is 1.03 bits per heavy atom. The molecule has 4 rings (SSSR count). The number of aromatic hydroxyl groups is 1. The summed E-state index contributed by atoms with van der Waals surface area (Å²) in [5.41, 5.74) is 4.26. The van der Waals surface area contributed by atoms with Crippen molar-refractivity contribution in [1.82, 2.24) is 9.88 Å². The van der Waals surface area contributed by atoms with E-state index in [0.29, 0.717) is 28.0 Å². The van der Waals surface area contributed by atoms with Crippen LogP contribution in [0.15, 0.2) is 36.4 Å². The predicted octanol–water partition coefficient (Wildman–Crippen LogP) is 5.72. The maximum atomic E-state index is 11.8. The molecule has 0 bridgehead atoms. The largest absolute Gasteiger partial charge is 0.505 e. The molecule has 2 N–H and O–H groups in total. The summed E-state index contributed by atoms with van der Waals surface area (Å²) in [5, 5.41) is 21.3. The van der Waals surface area contributed by atoms with Crippen molar-refractivity contribution in [3.8, 4) is 5.75 Å². The van der Waals surface area contributed by atoms with E-state index in [9.17, 15) is 15.0 Å². The molecule has 0 amide bonds. The Labute approximate surface area is 194 Å². The van der Waals surface area contributed by atoms with Gasteiger partial charge in [-0.3, -0.25) is 0 Å². The van der Waals surface area contributed by atoms with Crippen molar-refractivity contribution >= 4 is 28.5 Å². The lowest BCUT2D eigenvalue weighted by Gasteiger charge is -2.13. The highest BCUT2D eigenvalue weighted by atomic mass is 35.5. The minimum absolute atomic E-state index is 0.0661. The Balaban J connectivity index is 0.000000360. The molecule has 32 heavy (non-hydrogen) atoms. The molecule has 1 aliphatic carbocycles. The number of pyridine rings is 1. The third kappa shape index (κ3) is 5.22. The van der Waals surface area contributed by atoms with Crippen molar-refractivity contribution < 1.29 is 15.0 Å². The van der Waals surface area contributed by atoms with Crippen LogP contribution in [-0.2, 0) is 19.3 Å². The second-order valence-corrected chi connectivity index (χ2v) is 8.40. The van der Waals surface area contributed by atoms with Gasteiger partial charge in [-0.05, 0) is 67.7 Å². The summed E-state index contributed by atoms with van der Waals surface area (Å²) in [6.45, 7) is 10.1. The molecule has 0 atom stereocenters. The van der Waals surface area contributed by atoms with Gasteiger partial charge in [-0.2, -0.15) is 0 Å². The number of nitrogens with zero attached hydrogens (tertiary/aromatic N) is 2. The molecule has 3 aromatic rings. The first-order chi connectivity index (χ1) is 15.4. The smallest absolute Gasteiger partial charge is 0.340 e. The van der Waals surface area contributed by atoms with Gasteiger partial charge in [0, 0.05) is 16.8 Å². The van der Waals surface area contributed by atoms with E-state index in [2.05, 4.69) is 30.7 Å². The van der Waals surface area contributed by atoms with E-state index in [1.54, 1.807) is 18.2 Å². The van der Waals surface area contributed by atoms with Gasteiger partial charge < -0.3 is 15.1 Å². The van der Waals surface area contributed by atoms with Crippen LogP contribution in [0.2, 0.25) is 5.02 Å². The van der Waals surface area contributed by atoms with E-state index in [0.717, 1.165) is 30.4 Å². The maximum absolute atomic E-state index is 11.8. The molecule has 0 unspecified atom stereocenters. The van der Waals surface area contributed by atoms with Gasteiger partial charge in [-0.15, -0.1) is 0 Å². The van der Waals surface area contributed by atoms with E-state index in [1.165, 1.54) is 25.2 Å². The second kappa shape index (κ2) is 10.8. The zero-order chi connectivity index (χ0) is 23.3. The summed E-state index contributed by atoms with van der Waals surface area (Å²) >= 11 is 5.91. The van der Waals surface area contributed by atoms with Crippen molar-refractivity contribution in [1.29, 1.82) is 0 Å². The van der Waals surface area contributed by atoms with Crippen LogP contribution in [-0.4, -0.2) is 45.7 Å². The number of halogens is 1. The second-order valence-electron chi connectivity index (χ2n) is 7.96. The van der Waals surface area contributed by atoms with Gasteiger partial charge in [-0.1, -0.05) is 56.6 Å². The number of fused-ring (bicyclic) bond motifs is 3. The lowest BCUT2D eigenvalue weighted by Crippen LogP contribution is -2.21. The highest BCUT2D eigenvalue weighted by Gasteiger charge is 2.24. The van der Waals surface area contributed by atoms with Crippen LogP contribution in [0.4, 0.5) is 0 Å². The highest BCUT2D eigenvalue weighted by molar-refractivity contribution is 6.30. The lowest BCUT2D eigenvalue weighted by atomic mass is 9.98. The maximum Gasteiger partial charge on any atom is 0.340 e. The van der Waals surface area contributed by atoms with E-state index in [4.69, 9.17) is 11.6 Å². The van der Waals surface area contributed by atoms with Gasteiger partial charge >= 0.3 is 5.97 Å². The van der Waals surface area contributed by atoms with Gasteiger partial charge in [0.05, 0.1) is 11.2 Å². The standard InChI is InChI=1S/C20H16ClNO3.C6H15N/c21-13-7-4-11(5-8-13)10-16-19(23)17(20(24)25)15-9-6-12-2-1-3-14(12)18(15)22-16;1-4-7(5-2)6-3/h4-9,23H,1-3,10H2,(H,24,25);4-6H2,1-3H3. The van der Waals surface area contributed by atoms with Crippen LogP contribution in [0.3, 0.4) is 0 Å². The van der Waals surface area contributed by atoms with E-state index >= 15 is 0 Å². The van der Waals surface area contributed by atoms with Crippen molar-refractivity contribution in [2.24, 2.45) is 0 Å². The number of aryl methyl sites for hydroxylation is 2. The average Bonchev–Trinajstić information content (AvgIpc) is 3.27. The Morgan fingerprint density at radius 3 is 2.25 bits per heavy atom. The molecule has 1 heterocycles. The van der Waals surface area contributed by atoms with Crippen LogP contribution in [0.1, 0.15) is 59.9 Å². The fraction of sp³-hybridized carbons (Fsp3) is 0.385. The van der Waals surface area contributed by atoms with E-state index in [-0.39, 0.29) is 11.3 Å². The topological polar surface area (TPSA) is 73.7 Å². The number of benzene rings is 2. The number of hydrogen-bond acceptors (Lipinski definition) is 4. The van der Waals surface area contributed by atoms with Crippen LogP contribution in [0.5, 0.6) is 5.75 Å². The summed E-state index contributed by atoms with van der Waals surface area (Å²) in [4.78, 5) is 18.8. The molecule has 5 nitrogen and oxygen atoms in total. The molecule has 2 aromatic carbocycles. The number of aromatic carboxylic acids is 1. The minimum Gasteiger partial charge on any atom is -0.505 e. The summed E-state index contributed by atoms with van der Waals surface area (Å²) < 4.78 is 0. The van der Waals surface area contributed by atoms with Crippen LogP contribution >= 0.6 is 11.6 Å². The molecule has 0 radical (unpaired) electrons. The van der Waals surface area contributed by atoms with Gasteiger partial charge in [0.2, 0.25) is 0 Å². The molecule has 0 aliphatic heterocycles. The van der Waals surface area contributed by atoms with Gasteiger partial charge in [0.25, 0.3) is 0 Å². The SMILES string of the molecule is CCN(CC)CC.O=C(O)c1c(O)c(Cc2ccc(Cl)cc2)nc2c3c(ccc12)CCC3. The normalized spacial score (nSPS) is 12.5. The quantitative estimate of drug-likeness (QED) is 0.498. The minimum atomic E-state index is -1.14. The molecule has 1 aromatic heterocycles. The fourth-order valence-corrected chi connectivity index (χ4v) is 4.37. The Morgan fingerprint density at radius 2 is 1.69 bits per heavy atom. The molecule has 6 heteroatoms. The Kier molecular flexibility index (Phi) is 8.10. The van der Waals surface area contributed by atoms with Gasteiger partial charge in [0.15, 0.2) is 5.75 Å².